The van der Waals surface area contributed by atoms with Crippen molar-refractivity contribution in [3.05, 3.63) is 70.8 Å². The maximum atomic E-state index is 12.5. The Balaban J connectivity index is 1.35. The first-order valence-electron chi connectivity index (χ1n) is 10.6. The van der Waals surface area contributed by atoms with Gasteiger partial charge in [0.05, 0.1) is 17.7 Å². The van der Waals surface area contributed by atoms with Crippen LogP contribution in [0.2, 0.25) is 0 Å². The van der Waals surface area contributed by atoms with Crippen molar-refractivity contribution in [2.45, 2.75) is 38.8 Å². The summed E-state index contributed by atoms with van der Waals surface area (Å²) in [6.07, 6.45) is 3.48. The molecule has 2 aliphatic rings. The van der Waals surface area contributed by atoms with Crippen LogP contribution in [0.4, 0.5) is 0 Å². The highest BCUT2D eigenvalue weighted by Crippen LogP contribution is 2.24. The fraction of sp³-hybridized carbons (Fsp3) is 0.375. The summed E-state index contributed by atoms with van der Waals surface area (Å²) in [5.74, 6) is -0.644. The third-order valence-electron chi connectivity index (χ3n) is 6.06. The van der Waals surface area contributed by atoms with E-state index in [2.05, 4.69) is 17.1 Å². The van der Waals surface area contributed by atoms with E-state index in [0.29, 0.717) is 29.3 Å². The molecule has 0 bridgehead atoms. The lowest BCUT2D eigenvalue weighted by molar-refractivity contribution is 0.0641. The Morgan fingerprint density at radius 3 is 2.13 bits per heavy atom. The van der Waals surface area contributed by atoms with Gasteiger partial charge in [-0.25, -0.2) is 0 Å². The molecule has 30 heavy (non-hydrogen) atoms. The SMILES string of the molecule is CCC(CNC(=O)c1ccc(CN2C(=O)c3ccccc3C2=O)cc1)N1CCCC1. The number of hydrogen-bond donors (Lipinski definition) is 1. The summed E-state index contributed by atoms with van der Waals surface area (Å²) < 4.78 is 0. The van der Waals surface area contributed by atoms with Crippen molar-refractivity contribution >= 4 is 17.7 Å². The molecular formula is C24H27N3O3. The van der Waals surface area contributed by atoms with E-state index in [9.17, 15) is 14.4 Å². The largest absolute Gasteiger partial charge is 0.350 e. The molecule has 1 fully saturated rings. The van der Waals surface area contributed by atoms with E-state index in [1.54, 1.807) is 48.5 Å². The van der Waals surface area contributed by atoms with Crippen molar-refractivity contribution in [1.29, 1.82) is 0 Å². The van der Waals surface area contributed by atoms with Crippen molar-refractivity contribution in [3.63, 3.8) is 0 Å². The van der Waals surface area contributed by atoms with E-state index in [1.807, 2.05) is 0 Å². The minimum Gasteiger partial charge on any atom is -0.350 e. The van der Waals surface area contributed by atoms with Gasteiger partial charge in [0.2, 0.25) is 0 Å². The number of fused-ring (bicyclic) bond motifs is 1. The molecule has 1 unspecified atom stereocenters. The number of nitrogens with zero attached hydrogens (tertiary/aromatic N) is 2. The number of carbonyl (C=O) groups is 3. The van der Waals surface area contributed by atoms with E-state index in [4.69, 9.17) is 0 Å². The van der Waals surface area contributed by atoms with Crippen molar-refractivity contribution < 1.29 is 14.4 Å². The van der Waals surface area contributed by atoms with Crippen LogP contribution in [0.5, 0.6) is 0 Å². The van der Waals surface area contributed by atoms with Gasteiger partial charge in [-0.3, -0.25) is 24.2 Å². The third-order valence-corrected chi connectivity index (χ3v) is 6.06. The Bertz CT molecular complexity index is 913. The summed E-state index contributed by atoms with van der Waals surface area (Å²) in [7, 11) is 0. The van der Waals surface area contributed by atoms with Crippen molar-refractivity contribution in [2.75, 3.05) is 19.6 Å². The summed E-state index contributed by atoms with van der Waals surface area (Å²) in [5.41, 5.74) is 2.28. The standard InChI is InChI=1S/C24H27N3O3/c1-2-19(26-13-5-6-14-26)15-25-22(28)18-11-9-17(10-12-18)16-27-23(29)20-7-3-4-8-21(20)24(27)30/h3-4,7-12,19H,2,5-6,13-16H2,1H3,(H,25,28). The fourth-order valence-electron chi connectivity index (χ4n) is 4.28. The second kappa shape index (κ2) is 8.79. The Kier molecular flexibility index (Phi) is 5.95. The van der Waals surface area contributed by atoms with Gasteiger partial charge in [0.15, 0.2) is 0 Å². The zero-order valence-electron chi connectivity index (χ0n) is 17.3. The number of imide groups is 1. The fourth-order valence-corrected chi connectivity index (χ4v) is 4.28. The van der Waals surface area contributed by atoms with Gasteiger partial charge in [0.25, 0.3) is 17.7 Å². The predicted molar refractivity (Wildman–Crippen MR) is 114 cm³/mol. The summed E-state index contributed by atoms with van der Waals surface area (Å²) in [6, 6.07) is 14.3. The van der Waals surface area contributed by atoms with Gasteiger partial charge < -0.3 is 5.32 Å². The highest BCUT2D eigenvalue weighted by atomic mass is 16.2. The third kappa shape index (κ3) is 4.00. The minimum absolute atomic E-state index is 0.0973. The molecule has 2 aromatic rings. The lowest BCUT2D eigenvalue weighted by atomic mass is 10.1. The topological polar surface area (TPSA) is 69.7 Å². The summed E-state index contributed by atoms with van der Waals surface area (Å²) in [5, 5.41) is 3.05. The minimum atomic E-state index is -0.273. The normalized spacial score (nSPS) is 17.3. The average molecular weight is 405 g/mol. The van der Waals surface area contributed by atoms with Gasteiger partial charge >= 0.3 is 0 Å². The first-order valence-corrected chi connectivity index (χ1v) is 10.6. The van der Waals surface area contributed by atoms with Gasteiger partial charge in [-0.2, -0.15) is 0 Å². The van der Waals surface area contributed by atoms with Crippen LogP contribution in [0, 0.1) is 0 Å². The van der Waals surface area contributed by atoms with E-state index < -0.39 is 0 Å². The summed E-state index contributed by atoms with van der Waals surface area (Å²) in [6.45, 7) is 5.22. The number of rotatable bonds is 7. The molecule has 0 aliphatic carbocycles. The predicted octanol–water partition coefficient (Wildman–Crippen LogP) is 3.09. The van der Waals surface area contributed by atoms with Gasteiger partial charge in [-0.1, -0.05) is 31.2 Å². The number of likely N-dealkylation sites (tertiary alicyclic amines) is 1. The second-order valence-electron chi connectivity index (χ2n) is 7.95. The molecule has 1 atom stereocenters. The van der Waals surface area contributed by atoms with E-state index in [-0.39, 0.29) is 24.3 Å². The highest BCUT2D eigenvalue weighted by Gasteiger charge is 2.34. The van der Waals surface area contributed by atoms with Crippen molar-refractivity contribution in [3.8, 4) is 0 Å². The van der Waals surface area contributed by atoms with Crippen molar-refractivity contribution in [2.24, 2.45) is 0 Å². The average Bonchev–Trinajstić information content (AvgIpc) is 3.39. The first kappa shape index (κ1) is 20.3. The molecular weight excluding hydrogens is 378 g/mol. The first-order chi connectivity index (χ1) is 14.6. The second-order valence-corrected chi connectivity index (χ2v) is 7.95. The molecule has 2 aromatic carbocycles. The highest BCUT2D eigenvalue weighted by molar-refractivity contribution is 6.21. The molecule has 0 spiro atoms. The Morgan fingerprint density at radius 2 is 1.57 bits per heavy atom. The van der Waals surface area contributed by atoms with Crippen LogP contribution in [0.15, 0.2) is 48.5 Å². The molecule has 3 amide bonds. The molecule has 0 saturated carbocycles. The molecule has 1 N–H and O–H groups in total. The van der Waals surface area contributed by atoms with Crippen LogP contribution in [0.3, 0.4) is 0 Å². The zero-order chi connectivity index (χ0) is 21.1. The maximum absolute atomic E-state index is 12.5. The lowest BCUT2D eigenvalue weighted by Crippen LogP contribution is -2.42. The number of benzene rings is 2. The maximum Gasteiger partial charge on any atom is 0.261 e. The van der Waals surface area contributed by atoms with Crippen LogP contribution >= 0.6 is 0 Å². The molecule has 0 aromatic heterocycles. The molecule has 2 aliphatic heterocycles. The van der Waals surface area contributed by atoms with E-state index in [0.717, 1.165) is 25.1 Å². The smallest absolute Gasteiger partial charge is 0.261 e. The van der Waals surface area contributed by atoms with Gasteiger partial charge in [0, 0.05) is 18.2 Å². The number of carbonyl (C=O) groups excluding carboxylic acids is 3. The lowest BCUT2D eigenvalue weighted by Gasteiger charge is -2.26. The van der Waals surface area contributed by atoms with Crippen LogP contribution in [0.25, 0.3) is 0 Å². The van der Waals surface area contributed by atoms with Crippen LogP contribution in [0.1, 0.15) is 62.8 Å². The number of hydrogen-bond acceptors (Lipinski definition) is 4. The number of nitrogens with one attached hydrogen (secondary N) is 1. The van der Waals surface area contributed by atoms with Gasteiger partial charge in [-0.05, 0) is 62.2 Å². The molecule has 6 nitrogen and oxygen atoms in total. The van der Waals surface area contributed by atoms with Crippen LogP contribution in [-0.4, -0.2) is 53.2 Å². The summed E-state index contributed by atoms with van der Waals surface area (Å²) >= 11 is 0. The molecule has 0 radical (unpaired) electrons. The molecule has 1 saturated heterocycles. The Morgan fingerprint density at radius 1 is 0.967 bits per heavy atom. The van der Waals surface area contributed by atoms with E-state index >= 15 is 0 Å². The summed E-state index contributed by atoms with van der Waals surface area (Å²) in [4.78, 5) is 41.3. The van der Waals surface area contributed by atoms with Gasteiger partial charge in [0.1, 0.15) is 0 Å². The Hall–Kier alpha value is -2.99. The van der Waals surface area contributed by atoms with Gasteiger partial charge in [-0.15, -0.1) is 0 Å². The quantitative estimate of drug-likeness (QED) is 0.719. The molecule has 2 heterocycles. The van der Waals surface area contributed by atoms with Crippen molar-refractivity contribution in [1.82, 2.24) is 15.1 Å². The van der Waals surface area contributed by atoms with Crippen LogP contribution < -0.4 is 5.32 Å². The molecule has 6 heteroatoms. The molecule has 4 rings (SSSR count). The zero-order valence-corrected chi connectivity index (χ0v) is 17.3. The number of amides is 3. The molecule has 156 valence electrons. The monoisotopic (exact) mass is 405 g/mol. The van der Waals surface area contributed by atoms with Crippen LogP contribution in [-0.2, 0) is 6.54 Å². The van der Waals surface area contributed by atoms with E-state index in [1.165, 1.54) is 17.7 Å². The Labute approximate surface area is 176 Å².